The summed E-state index contributed by atoms with van der Waals surface area (Å²) in [4.78, 5) is 10.3. The van der Waals surface area contributed by atoms with Gasteiger partial charge >= 0.3 is 0 Å². The second-order valence-corrected chi connectivity index (χ2v) is 3.51. The molecule has 0 bridgehead atoms. The van der Waals surface area contributed by atoms with E-state index in [9.17, 15) is 4.39 Å². The highest BCUT2D eigenvalue weighted by atomic mass is 19.1. The Bertz CT molecular complexity index is 495. The van der Waals surface area contributed by atoms with E-state index < -0.39 is 0 Å². The lowest BCUT2D eigenvalue weighted by atomic mass is 10.2. The van der Waals surface area contributed by atoms with Crippen molar-refractivity contribution in [3.05, 3.63) is 30.3 Å². The highest BCUT2D eigenvalue weighted by molar-refractivity contribution is 5.89. The van der Waals surface area contributed by atoms with Gasteiger partial charge < -0.3 is 4.90 Å². The predicted molar refractivity (Wildman–Crippen MR) is 63.1 cm³/mol. The summed E-state index contributed by atoms with van der Waals surface area (Å²) in [7, 11) is 0. The van der Waals surface area contributed by atoms with Gasteiger partial charge in [-0.25, -0.2) is 14.4 Å². The zero-order valence-corrected chi connectivity index (χ0v) is 9.44. The zero-order chi connectivity index (χ0) is 11.5. The van der Waals surface area contributed by atoms with E-state index in [1.807, 2.05) is 6.07 Å². The van der Waals surface area contributed by atoms with Crippen molar-refractivity contribution >= 4 is 16.7 Å². The second kappa shape index (κ2) is 4.43. The van der Waals surface area contributed by atoms with Crippen LogP contribution in [0.4, 0.5) is 10.2 Å². The van der Waals surface area contributed by atoms with Gasteiger partial charge in [0.05, 0.1) is 0 Å². The van der Waals surface area contributed by atoms with E-state index in [2.05, 4.69) is 28.7 Å². The molecule has 0 aliphatic heterocycles. The Morgan fingerprint density at radius 3 is 2.62 bits per heavy atom. The summed E-state index contributed by atoms with van der Waals surface area (Å²) in [5.74, 6) is 0.503. The molecular weight excluding hydrogens is 205 g/mol. The fourth-order valence-electron chi connectivity index (χ4n) is 1.81. The number of nitrogens with zero attached hydrogens (tertiary/aromatic N) is 3. The molecule has 0 amide bonds. The number of fused-ring (bicyclic) bond motifs is 1. The van der Waals surface area contributed by atoms with Crippen LogP contribution >= 0.6 is 0 Å². The van der Waals surface area contributed by atoms with Gasteiger partial charge in [0, 0.05) is 18.5 Å². The molecular formula is C12H14FN3. The summed E-state index contributed by atoms with van der Waals surface area (Å²) in [5, 5.41) is 0.770. The van der Waals surface area contributed by atoms with Gasteiger partial charge in [0.15, 0.2) is 0 Å². The van der Waals surface area contributed by atoms with Crippen molar-refractivity contribution in [2.24, 2.45) is 0 Å². The van der Waals surface area contributed by atoms with Crippen molar-refractivity contribution in [3.8, 4) is 0 Å². The number of hydrogen-bond acceptors (Lipinski definition) is 3. The van der Waals surface area contributed by atoms with Crippen LogP contribution in [0, 0.1) is 5.82 Å². The van der Waals surface area contributed by atoms with Gasteiger partial charge in [-0.1, -0.05) is 6.07 Å². The minimum Gasteiger partial charge on any atom is -0.357 e. The summed E-state index contributed by atoms with van der Waals surface area (Å²) in [6.07, 6.45) is 1.42. The van der Waals surface area contributed by atoms with Crippen LogP contribution in [0.1, 0.15) is 13.8 Å². The third-order valence-corrected chi connectivity index (χ3v) is 2.66. The van der Waals surface area contributed by atoms with Crippen LogP contribution in [0.3, 0.4) is 0 Å². The van der Waals surface area contributed by atoms with E-state index in [-0.39, 0.29) is 5.82 Å². The van der Waals surface area contributed by atoms with E-state index >= 15 is 0 Å². The first-order valence-corrected chi connectivity index (χ1v) is 5.42. The molecule has 1 heterocycles. The molecule has 4 heteroatoms. The highest BCUT2D eigenvalue weighted by Gasteiger charge is 2.10. The molecule has 0 spiro atoms. The van der Waals surface area contributed by atoms with Crippen molar-refractivity contribution in [1.82, 2.24) is 9.97 Å². The van der Waals surface area contributed by atoms with Crippen LogP contribution in [0.2, 0.25) is 0 Å². The van der Waals surface area contributed by atoms with Crippen LogP contribution in [0.15, 0.2) is 24.5 Å². The fraction of sp³-hybridized carbons (Fsp3) is 0.333. The SMILES string of the molecule is CCN(CC)c1ncnc2c(F)cccc12. The molecule has 2 aromatic rings. The molecule has 0 N–H and O–H groups in total. The first-order chi connectivity index (χ1) is 7.77. The molecule has 3 nitrogen and oxygen atoms in total. The molecule has 0 saturated carbocycles. The number of benzene rings is 1. The van der Waals surface area contributed by atoms with E-state index in [1.54, 1.807) is 6.07 Å². The lowest BCUT2D eigenvalue weighted by molar-refractivity contribution is 0.636. The van der Waals surface area contributed by atoms with Gasteiger partial charge in [-0.15, -0.1) is 0 Å². The molecule has 16 heavy (non-hydrogen) atoms. The smallest absolute Gasteiger partial charge is 0.149 e. The summed E-state index contributed by atoms with van der Waals surface area (Å²) in [6.45, 7) is 5.80. The Labute approximate surface area is 93.9 Å². The summed E-state index contributed by atoms with van der Waals surface area (Å²) >= 11 is 0. The fourth-order valence-corrected chi connectivity index (χ4v) is 1.81. The molecule has 0 saturated heterocycles. The lowest BCUT2D eigenvalue weighted by Gasteiger charge is -2.20. The van der Waals surface area contributed by atoms with Gasteiger partial charge in [0.2, 0.25) is 0 Å². The topological polar surface area (TPSA) is 29.0 Å². The predicted octanol–water partition coefficient (Wildman–Crippen LogP) is 2.62. The zero-order valence-electron chi connectivity index (χ0n) is 9.44. The summed E-state index contributed by atoms with van der Waals surface area (Å²) in [6, 6.07) is 4.96. The van der Waals surface area contributed by atoms with Crippen LogP contribution in [-0.4, -0.2) is 23.1 Å². The van der Waals surface area contributed by atoms with Gasteiger partial charge in [-0.05, 0) is 26.0 Å². The van der Waals surface area contributed by atoms with Gasteiger partial charge in [-0.3, -0.25) is 0 Å². The van der Waals surface area contributed by atoms with Crippen molar-refractivity contribution in [2.75, 3.05) is 18.0 Å². The van der Waals surface area contributed by atoms with Crippen molar-refractivity contribution in [3.63, 3.8) is 0 Å². The van der Waals surface area contributed by atoms with Crippen molar-refractivity contribution in [2.45, 2.75) is 13.8 Å². The standard InChI is InChI=1S/C12H14FN3/c1-3-16(4-2)12-9-6-5-7-10(13)11(9)14-8-15-12/h5-8H,3-4H2,1-2H3. The van der Waals surface area contributed by atoms with Crippen LogP contribution in [0.5, 0.6) is 0 Å². The average Bonchev–Trinajstić information content (AvgIpc) is 2.32. The number of rotatable bonds is 3. The number of anilines is 1. The van der Waals surface area contributed by atoms with Gasteiger partial charge in [-0.2, -0.15) is 0 Å². The Hall–Kier alpha value is -1.71. The average molecular weight is 219 g/mol. The molecule has 0 atom stereocenters. The highest BCUT2D eigenvalue weighted by Crippen LogP contribution is 2.23. The van der Waals surface area contributed by atoms with Crippen LogP contribution in [-0.2, 0) is 0 Å². The Morgan fingerprint density at radius 2 is 1.94 bits per heavy atom. The Balaban J connectivity index is 2.66. The normalized spacial score (nSPS) is 10.7. The maximum absolute atomic E-state index is 13.5. The summed E-state index contributed by atoms with van der Waals surface area (Å²) < 4.78 is 13.5. The van der Waals surface area contributed by atoms with Crippen molar-refractivity contribution in [1.29, 1.82) is 0 Å². The van der Waals surface area contributed by atoms with E-state index in [4.69, 9.17) is 0 Å². The first kappa shape index (κ1) is 10.8. The molecule has 1 aromatic carbocycles. The Kier molecular flexibility index (Phi) is 2.99. The molecule has 0 aliphatic carbocycles. The molecule has 0 unspecified atom stereocenters. The maximum Gasteiger partial charge on any atom is 0.149 e. The molecule has 0 fully saturated rings. The third kappa shape index (κ3) is 1.71. The minimum atomic E-state index is -0.298. The van der Waals surface area contributed by atoms with Crippen molar-refractivity contribution < 1.29 is 4.39 Å². The minimum absolute atomic E-state index is 0.298. The molecule has 84 valence electrons. The largest absolute Gasteiger partial charge is 0.357 e. The molecule has 0 radical (unpaired) electrons. The number of aromatic nitrogens is 2. The third-order valence-electron chi connectivity index (χ3n) is 2.66. The first-order valence-electron chi connectivity index (χ1n) is 5.42. The van der Waals surface area contributed by atoms with Gasteiger partial charge in [0.25, 0.3) is 0 Å². The molecule has 2 rings (SSSR count). The molecule has 0 aliphatic rings. The summed E-state index contributed by atoms with van der Waals surface area (Å²) in [5.41, 5.74) is 0.388. The lowest BCUT2D eigenvalue weighted by Crippen LogP contribution is -2.23. The Morgan fingerprint density at radius 1 is 1.19 bits per heavy atom. The van der Waals surface area contributed by atoms with E-state index in [1.165, 1.54) is 12.4 Å². The quantitative estimate of drug-likeness (QED) is 0.794. The maximum atomic E-state index is 13.5. The second-order valence-electron chi connectivity index (χ2n) is 3.51. The van der Waals surface area contributed by atoms with E-state index in [0.717, 1.165) is 24.3 Å². The number of para-hydroxylation sites is 1. The van der Waals surface area contributed by atoms with Crippen LogP contribution < -0.4 is 4.90 Å². The monoisotopic (exact) mass is 219 g/mol. The van der Waals surface area contributed by atoms with E-state index in [0.29, 0.717) is 5.52 Å². The van der Waals surface area contributed by atoms with Gasteiger partial charge in [0.1, 0.15) is 23.5 Å². The molecule has 1 aromatic heterocycles. The number of hydrogen-bond donors (Lipinski definition) is 0. The number of halogens is 1. The van der Waals surface area contributed by atoms with Crippen LogP contribution in [0.25, 0.3) is 10.9 Å².